The van der Waals surface area contributed by atoms with Crippen LogP contribution in [-0.2, 0) is 0 Å². The zero-order valence-corrected chi connectivity index (χ0v) is 9.36. The van der Waals surface area contributed by atoms with Gasteiger partial charge in [0.25, 0.3) is 6.01 Å². The molecule has 3 saturated carbocycles. The van der Waals surface area contributed by atoms with Gasteiger partial charge >= 0.3 is 0 Å². The Balaban J connectivity index is 1.88. The minimum atomic E-state index is 0.309. The number of anilines is 1. The van der Waals surface area contributed by atoms with Crippen molar-refractivity contribution in [1.29, 1.82) is 0 Å². The number of fused-ring (bicyclic) bond motifs is 2. The van der Waals surface area contributed by atoms with E-state index in [1.807, 2.05) is 6.20 Å². The van der Waals surface area contributed by atoms with Crippen LogP contribution in [0.1, 0.15) is 44.8 Å². The molecule has 3 atom stereocenters. The van der Waals surface area contributed by atoms with Gasteiger partial charge in [-0.05, 0) is 36.5 Å². The summed E-state index contributed by atoms with van der Waals surface area (Å²) in [6.07, 6.45) is 5.75. The lowest BCUT2D eigenvalue weighted by atomic mass is 9.45. The van der Waals surface area contributed by atoms with Crippen LogP contribution < -0.4 is 5.73 Å². The molecular weight excluding hydrogens is 188 g/mol. The summed E-state index contributed by atoms with van der Waals surface area (Å²) in [7, 11) is 0. The molecule has 15 heavy (non-hydrogen) atoms. The molecule has 0 amide bonds. The highest BCUT2D eigenvalue weighted by atomic mass is 16.4. The van der Waals surface area contributed by atoms with Gasteiger partial charge in [-0.2, -0.15) is 0 Å². The van der Waals surface area contributed by atoms with Gasteiger partial charge in [0.05, 0.1) is 6.20 Å². The molecule has 3 unspecified atom stereocenters. The van der Waals surface area contributed by atoms with Gasteiger partial charge in [-0.25, -0.2) is 4.98 Å². The van der Waals surface area contributed by atoms with E-state index in [4.69, 9.17) is 10.2 Å². The molecule has 0 spiro atoms. The number of nitrogen functional groups attached to an aromatic ring is 1. The van der Waals surface area contributed by atoms with E-state index in [1.165, 1.54) is 19.3 Å². The lowest BCUT2D eigenvalue weighted by Gasteiger charge is -2.59. The molecule has 3 fully saturated rings. The van der Waals surface area contributed by atoms with Crippen molar-refractivity contribution in [1.82, 2.24) is 4.98 Å². The molecule has 3 aliphatic rings. The third kappa shape index (κ3) is 1.15. The van der Waals surface area contributed by atoms with Gasteiger partial charge in [-0.15, -0.1) is 0 Å². The number of oxazole rings is 1. The van der Waals surface area contributed by atoms with Crippen molar-refractivity contribution in [2.45, 2.75) is 39.0 Å². The minimum Gasteiger partial charge on any atom is -0.429 e. The first-order valence-electron chi connectivity index (χ1n) is 5.80. The monoisotopic (exact) mass is 206 g/mol. The second-order valence-corrected chi connectivity index (χ2v) is 5.65. The van der Waals surface area contributed by atoms with Gasteiger partial charge < -0.3 is 10.2 Å². The summed E-state index contributed by atoms with van der Waals surface area (Å²) in [5.74, 6) is 3.25. The summed E-state index contributed by atoms with van der Waals surface area (Å²) in [6, 6.07) is 0.309. The second kappa shape index (κ2) is 2.77. The Kier molecular flexibility index (Phi) is 1.71. The van der Waals surface area contributed by atoms with Gasteiger partial charge in [0.2, 0.25) is 0 Å². The van der Waals surface area contributed by atoms with E-state index in [9.17, 15) is 0 Å². The Morgan fingerprint density at radius 2 is 2.27 bits per heavy atom. The van der Waals surface area contributed by atoms with E-state index in [-0.39, 0.29) is 0 Å². The van der Waals surface area contributed by atoms with E-state index in [1.54, 1.807) is 0 Å². The van der Waals surface area contributed by atoms with Crippen molar-refractivity contribution in [2.24, 2.45) is 17.3 Å². The maximum absolute atomic E-state index is 5.53. The molecule has 3 nitrogen and oxygen atoms in total. The summed E-state index contributed by atoms with van der Waals surface area (Å²) in [5.41, 5.74) is 6.02. The van der Waals surface area contributed by atoms with Crippen LogP contribution in [0.15, 0.2) is 10.6 Å². The zero-order chi connectivity index (χ0) is 10.6. The summed E-state index contributed by atoms with van der Waals surface area (Å²) in [4.78, 5) is 4.00. The van der Waals surface area contributed by atoms with Crippen molar-refractivity contribution >= 4 is 6.01 Å². The molecule has 0 radical (unpaired) electrons. The fraction of sp³-hybridized carbons (Fsp3) is 0.750. The van der Waals surface area contributed by atoms with Crippen molar-refractivity contribution < 1.29 is 4.42 Å². The van der Waals surface area contributed by atoms with E-state index >= 15 is 0 Å². The molecule has 0 aliphatic heterocycles. The van der Waals surface area contributed by atoms with Crippen molar-refractivity contribution in [3.8, 4) is 0 Å². The lowest BCUT2D eigenvalue weighted by Crippen LogP contribution is -2.51. The number of hydrogen-bond acceptors (Lipinski definition) is 3. The Morgan fingerprint density at radius 1 is 1.47 bits per heavy atom. The highest BCUT2D eigenvalue weighted by molar-refractivity contribution is 5.19. The zero-order valence-electron chi connectivity index (χ0n) is 9.36. The van der Waals surface area contributed by atoms with Gasteiger partial charge in [0.15, 0.2) is 0 Å². The number of nitrogens with zero attached hydrogens (tertiary/aromatic N) is 1. The summed E-state index contributed by atoms with van der Waals surface area (Å²) >= 11 is 0. The molecule has 3 aliphatic carbocycles. The van der Waals surface area contributed by atoms with Crippen LogP contribution >= 0.6 is 0 Å². The molecule has 3 heteroatoms. The molecular formula is C12H18N2O. The highest BCUT2D eigenvalue weighted by Crippen LogP contribution is 2.63. The molecule has 4 rings (SSSR count). The number of hydrogen-bond donors (Lipinski definition) is 1. The molecule has 1 aromatic heterocycles. The molecule has 2 N–H and O–H groups in total. The van der Waals surface area contributed by atoms with E-state index in [0.29, 0.717) is 17.3 Å². The van der Waals surface area contributed by atoms with Crippen molar-refractivity contribution in [2.75, 3.05) is 5.73 Å². The van der Waals surface area contributed by atoms with Crippen LogP contribution in [-0.4, -0.2) is 4.98 Å². The SMILES string of the molecule is CC1(C)C2CCC(c3cnc(N)o3)C1C2. The predicted molar refractivity (Wildman–Crippen MR) is 58.3 cm³/mol. The number of aromatic nitrogens is 1. The van der Waals surface area contributed by atoms with Crippen LogP contribution in [0.2, 0.25) is 0 Å². The van der Waals surface area contributed by atoms with Crippen LogP contribution in [0.3, 0.4) is 0 Å². The topological polar surface area (TPSA) is 52.0 Å². The second-order valence-electron chi connectivity index (χ2n) is 5.65. The fourth-order valence-corrected chi connectivity index (χ4v) is 3.62. The summed E-state index contributed by atoms with van der Waals surface area (Å²) in [5, 5.41) is 0. The lowest BCUT2D eigenvalue weighted by molar-refractivity contribution is -0.0845. The summed E-state index contributed by atoms with van der Waals surface area (Å²) < 4.78 is 5.48. The molecule has 82 valence electrons. The van der Waals surface area contributed by atoms with Gasteiger partial charge in [0, 0.05) is 5.92 Å². The smallest absolute Gasteiger partial charge is 0.292 e. The van der Waals surface area contributed by atoms with Gasteiger partial charge in [-0.1, -0.05) is 13.8 Å². The summed E-state index contributed by atoms with van der Waals surface area (Å²) in [6.45, 7) is 4.77. The van der Waals surface area contributed by atoms with Crippen LogP contribution in [0.25, 0.3) is 0 Å². The fourth-order valence-electron chi connectivity index (χ4n) is 3.62. The van der Waals surface area contributed by atoms with Crippen molar-refractivity contribution in [3.05, 3.63) is 12.0 Å². The van der Waals surface area contributed by atoms with Gasteiger partial charge in [-0.3, -0.25) is 0 Å². The average Bonchev–Trinajstić information content (AvgIpc) is 2.64. The first-order chi connectivity index (χ1) is 7.09. The average molecular weight is 206 g/mol. The van der Waals surface area contributed by atoms with Crippen LogP contribution in [0.4, 0.5) is 6.01 Å². The van der Waals surface area contributed by atoms with Crippen LogP contribution in [0, 0.1) is 17.3 Å². The molecule has 2 bridgehead atoms. The standard InChI is InChI=1S/C12H18N2O/c1-12(2)7-3-4-8(9(12)5-7)10-6-14-11(13)15-10/h6-9H,3-5H2,1-2H3,(H2,13,14). The maximum Gasteiger partial charge on any atom is 0.292 e. The Labute approximate surface area is 90.1 Å². The first-order valence-corrected chi connectivity index (χ1v) is 5.80. The third-order valence-electron chi connectivity index (χ3n) is 4.77. The van der Waals surface area contributed by atoms with E-state index in [0.717, 1.165) is 17.6 Å². The van der Waals surface area contributed by atoms with Gasteiger partial charge in [0.1, 0.15) is 5.76 Å². The Morgan fingerprint density at radius 3 is 2.80 bits per heavy atom. The normalized spacial score (nSPS) is 37.3. The predicted octanol–water partition coefficient (Wildman–Crippen LogP) is 2.80. The van der Waals surface area contributed by atoms with E-state index < -0.39 is 0 Å². The molecule has 1 heterocycles. The maximum atomic E-state index is 5.53. The largest absolute Gasteiger partial charge is 0.429 e. The number of rotatable bonds is 1. The Hall–Kier alpha value is -0.990. The molecule has 0 aromatic carbocycles. The van der Waals surface area contributed by atoms with Crippen LogP contribution in [0.5, 0.6) is 0 Å². The first kappa shape index (κ1) is 9.25. The van der Waals surface area contributed by atoms with Crippen molar-refractivity contribution in [3.63, 3.8) is 0 Å². The Bertz CT molecular complexity index is 381. The quantitative estimate of drug-likeness (QED) is 0.768. The number of nitrogens with two attached hydrogens (primary N) is 1. The molecule has 1 aromatic rings. The molecule has 0 saturated heterocycles. The van der Waals surface area contributed by atoms with E-state index in [2.05, 4.69) is 18.8 Å². The minimum absolute atomic E-state index is 0.309. The highest BCUT2D eigenvalue weighted by Gasteiger charge is 2.55. The third-order valence-corrected chi connectivity index (χ3v) is 4.77.